The van der Waals surface area contributed by atoms with E-state index in [-0.39, 0.29) is 23.1 Å². The Kier molecular flexibility index (Phi) is 4.21. The highest BCUT2D eigenvalue weighted by molar-refractivity contribution is 6.33. The molecule has 7 heteroatoms. The first-order valence-corrected chi connectivity index (χ1v) is 10.4. The summed E-state index contributed by atoms with van der Waals surface area (Å²) in [5.74, 6) is -0.353. The molecule has 31 heavy (non-hydrogen) atoms. The lowest BCUT2D eigenvalue weighted by Gasteiger charge is -2.43. The molecule has 5 rings (SSSR count). The Morgan fingerprint density at radius 2 is 1.74 bits per heavy atom. The van der Waals surface area contributed by atoms with Crippen molar-refractivity contribution in [2.45, 2.75) is 24.7 Å². The molecule has 0 radical (unpaired) electrons. The molecule has 2 N–H and O–H groups in total. The second-order valence-electron chi connectivity index (χ2n) is 7.89. The van der Waals surface area contributed by atoms with Gasteiger partial charge in [0.15, 0.2) is 5.78 Å². The number of carbonyl (C=O) groups is 2. The van der Waals surface area contributed by atoms with Gasteiger partial charge < -0.3 is 10.6 Å². The molecule has 6 nitrogen and oxygen atoms in total. The van der Waals surface area contributed by atoms with Crippen LogP contribution in [0.4, 0.5) is 11.4 Å². The summed E-state index contributed by atoms with van der Waals surface area (Å²) in [6.07, 6.45) is 1.50. The van der Waals surface area contributed by atoms with Crippen LogP contribution in [0.2, 0.25) is 5.02 Å². The molecule has 0 unspecified atom stereocenters. The van der Waals surface area contributed by atoms with Crippen molar-refractivity contribution in [1.82, 2.24) is 0 Å². The number of Topliss-reactive ketones (excluding diaryl/α,β-unsaturated/α-hetero) is 1. The minimum atomic E-state index is -1.53. The molecular formula is C24H19ClN4O2. The molecule has 1 aliphatic carbocycles. The zero-order chi connectivity index (χ0) is 21.9. The summed E-state index contributed by atoms with van der Waals surface area (Å²) in [6.45, 7) is 0. The summed E-state index contributed by atoms with van der Waals surface area (Å²) >= 11 is 6.48. The van der Waals surface area contributed by atoms with Gasteiger partial charge in [0.2, 0.25) is 5.91 Å². The highest BCUT2D eigenvalue weighted by atomic mass is 35.5. The van der Waals surface area contributed by atoms with Crippen molar-refractivity contribution in [1.29, 1.82) is 5.26 Å². The van der Waals surface area contributed by atoms with E-state index in [4.69, 9.17) is 17.3 Å². The third kappa shape index (κ3) is 2.32. The molecule has 1 amide bonds. The first-order chi connectivity index (χ1) is 14.9. The van der Waals surface area contributed by atoms with Crippen molar-refractivity contribution < 1.29 is 9.59 Å². The molecule has 2 aliphatic heterocycles. The molecule has 3 aliphatic rings. The second kappa shape index (κ2) is 6.73. The monoisotopic (exact) mass is 430 g/mol. The summed E-state index contributed by atoms with van der Waals surface area (Å²) in [4.78, 5) is 30.4. The first-order valence-electron chi connectivity index (χ1n) is 10.0. The van der Waals surface area contributed by atoms with E-state index in [0.717, 1.165) is 0 Å². The third-order valence-electron chi connectivity index (χ3n) is 6.40. The minimum Gasteiger partial charge on any atom is -0.384 e. The average Bonchev–Trinajstić information content (AvgIpc) is 2.98. The summed E-state index contributed by atoms with van der Waals surface area (Å²) in [5.41, 5.74) is 7.98. The number of hydrogen-bond donors (Lipinski definition) is 1. The van der Waals surface area contributed by atoms with Crippen LogP contribution in [-0.2, 0) is 15.0 Å². The lowest BCUT2D eigenvalue weighted by atomic mass is 9.64. The van der Waals surface area contributed by atoms with E-state index in [1.54, 1.807) is 36.2 Å². The number of rotatable bonds is 1. The number of carbonyl (C=O) groups excluding carboxylic acids is 2. The highest BCUT2D eigenvalue weighted by Gasteiger charge is 2.61. The molecule has 0 saturated heterocycles. The van der Waals surface area contributed by atoms with Crippen LogP contribution < -0.4 is 15.5 Å². The quantitative estimate of drug-likeness (QED) is 0.743. The van der Waals surface area contributed by atoms with E-state index in [9.17, 15) is 14.9 Å². The Morgan fingerprint density at radius 3 is 2.45 bits per heavy atom. The molecule has 2 heterocycles. The normalized spacial score (nSPS) is 22.7. The molecular weight excluding hydrogens is 412 g/mol. The fourth-order valence-corrected chi connectivity index (χ4v) is 5.36. The molecule has 2 aromatic carbocycles. The number of hydrogen-bond acceptors (Lipinski definition) is 5. The van der Waals surface area contributed by atoms with Gasteiger partial charge in [0, 0.05) is 36.0 Å². The Morgan fingerprint density at radius 1 is 1.06 bits per heavy atom. The van der Waals surface area contributed by atoms with Gasteiger partial charge in [0.05, 0.1) is 16.3 Å². The van der Waals surface area contributed by atoms with Crippen molar-refractivity contribution in [2.75, 3.05) is 16.8 Å². The molecule has 0 aromatic heterocycles. The number of amides is 1. The number of likely N-dealkylation sites (N-methyl/N-ethyl adjacent to an activating group) is 1. The van der Waals surface area contributed by atoms with Crippen molar-refractivity contribution in [3.8, 4) is 6.07 Å². The Bertz CT molecular complexity index is 1270. The van der Waals surface area contributed by atoms with Gasteiger partial charge in [0.1, 0.15) is 17.3 Å². The molecule has 0 fully saturated rings. The number of anilines is 2. The fraction of sp³-hybridized carbons (Fsp3) is 0.208. The lowest BCUT2D eigenvalue weighted by molar-refractivity contribution is -0.124. The second-order valence-corrected chi connectivity index (χ2v) is 8.30. The Balaban J connectivity index is 1.92. The van der Waals surface area contributed by atoms with E-state index in [0.29, 0.717) is 52.5 Å². The lowest BCUT2D eigenvalue weighted by Crippen LogP contribution is -2.52. The number of ketones is 1. The minimum absolute atomic E-state index is 0.0585. The van der Waals surface area contributed by atoms with Crippen LogP contribution in [0, 0.1) is 11.3 Å². The van der Waals surface area contributed by atoms with Crippen molar-refractivity contribution in [3.05, 3.63) is 81.8 Å². The SMILES string of the molecule is CN1C(=O)[C@@]2(C(C#N)=C(N)N(c3ccccc3Cl)C3=C2C(=O)CCC3)c2ccccc21. The average molecular weight is 431 g/mol. The van der Waals surface area contributed by atoms with Crippen LogP contribution in [0.5, 0.6) is 0 Å². The van der Waals surface area contributed by atoms with Crippen LogP contribution in [0.15, 0.2) is 71.2 Å². The smallest absolute Gasteiger partial charge is 0.247 e. The molecule has 0 bridgehead atoms. The van der Waals surface area contributed by atoms with Gasteiger partial charge in [0.25, 0.3) is 0 Å². The topological polar surface area (TPSA) is 90.4 Å². The number of allylic oxidation sites excluding steroid dienone is 1. The number of nitriles is 1. The number of nitrogens with zero attached hydrogens (tertiary/aromatic N) is 3. The Hall–Kier alpha value is -3.56. The molecule has 154 valence electrons. The van der Waals surface area contributed by atoms with E-state index >= 15 is 0 Å². The van der Waals surface area contributed by atoms with Crippen molar-refractivity contribution >= 4 is 34.7 Å². The van der Waals surface area contributed by atoms with Crippen LogP contribution in [0.25, 0.3) is 0 Å². The summed E-state index contributed by atoms with van der Waals surface area (Å²) < 4.78 is 0. The van der Waals surface area contributed by atoms with Gasteiger partial charge in [-0.05, 0) is 31.0 Å². The first kappa shape index (κ1) is 19.4. The van der Waals surface area contributed by atoms with Gasteiger partial charge in [-0.2, -0.15) is 5.26 Å². The van der Waals surface area contributed by atoms with Gasteiger partial charge in [-0.1, -0.05) is 41.9 Å². The molecule has 1 spiro atoms. The maximum atomic E-state index is 13.8. The van der Waals surface area contributed by atoms with Gasteiger partial charge in [-0.3, -0.25) is 14.5 Å². The highest BCUT2D eigenvalue weighted by Crippen LogP contribution is 2.56. The maximum absolute atomic E-state index is 13.8. The van der Waals surface area contributed by atoms with Crippen molar-refractivity contribution in [2.24, 2.45) is 5.73 Å². The van der Waals surface area contributed by atoms with Gasteiger partial charge in [-0.15, -0.1) is 0 Å². The molecule has 1 atom stereocenters. The number of nitrogens with two attached hydrogens (primary N) is 1. The van der Waals surface area contributed by atoms with Crippen LogP contribution in [-0.4, -0.2) is 18.7 Å². The number of benzene rings is 2. The summed E-state index contributed by atoms with van der Waals surface area (Å²) in [5, 5.41) is 10.7. The summed E-state index contributed by atoms with van der Waals surface area (Å²) in [6, 6.07) is 16.6. The standard InChI is InChI=1S/C24H19ClN4O2/c1-28-17-9-4-2-7-14(17)24(23(28)31)15(13-26)22(27)29(18-10-5-3-8-16(18)25)19-11-6-12-20(30)21(19)24/h2-5,7-10H,6,11-12,27H2,1H3/t24-/m1/s1. The van der Waals surface area contributed by atoms with Crippen LogP contribution in [0.1, 0.15) is 24.8 Å². The van der Waals surface area contributed by atoms with E-state index in [2.05, 4.69) is 6.07 Å². The Labute approximate surface area is 184 Å². The predicted molar refractivity (Wildman–Crippen MR) is 118 cm³/mol. The van der Waals surface area contributed by atoms with E-state index in [1.165, 1.54) is 4.90 Å². The van der Waals surface area contributed by atoms with E-state index < -0.39 is 5.41 Å². The molecule has 2 aromatic rings. The fourth-order valence-electron chi connectivity index (χ4n) is 5.14. The number of halogens is 1. The predicted octanol–water partition coefficient (Wildman–Crippen LogP) is 3.78. The van der Waals surface area contributed by atoms with Crippen LogP contribution >= 0.6 is 11.6 Å². The van der Waals surface area contributed by atoms with E-state index in [1.807, 2.05) is 24.3 Å². The third-order valence-corrected chi connectivity index (χ3v) is 6.72. The van der Waals surface area contributed by atoms with Gasteiger partial charge in [-0.25, -0.2) is 0 Å². The van der Waals surface area contributed by atoms with Gasteiger partial charge >= 0.3 is 0 Å². The van der Waals surface area contributed by atoms with Crippen LogP contribution in [0.3, 0.4) is 0 Å². The van der Waals surface area contributed by atoms with Crippen molar-refractivity contribution in [3.63, 3.8) is 0 Å². The number of para-hydroxylation sites is 2. The molecule has 0 saturated carbocycles. The zero-order valence-corrected chi connectivity index (χ0v) is 17.6. The zero-order valence-electron chi connectivity index (χ0n) is 16.9. The maximum Gasteiger partial charge on any atom is 0.247 e. The summed E-state index contributed by atoms with van der Waals surface area (Å²) in [7, 11) is 1.66. The number of fused-ring (bicyclic) bond motifs is 3. The largest absolute Gasteiger partial charge is 0.384 e.